The fourth-order valence-corrected chi connectivity index (χ4v) is 12.2. The Hall–Kier alpha value is -9.04. The first-order chi connectivity index (χ1) is 39.3. The Morgan fingerprint density at radius 2 is 0.863 bits per heavy atom. The molecule has 0 radical (unpaired) electrons. The standard InChI is InChI=1S/C51H41N.2C13H12.C2H6/c1-34-23-25-36(26-24-34)37-14-12-15-38(31-37)39-27-30-49-45(32-39)43-20-9-10-22-48(43)52(49)42-28-29-44-47(33-42)51(40-16-5-3-6-17-40,41-18-7-4-8-19-41)46-21-11-13-35(2)50(44)46;2*1-11-7-9-13(10-8-11)12-5-3-2-4-6-12;1-2/h3-8,10-12,14-19,21-33,35H,9,13,20H2,1-2H3;2*2-10H,1H3;1-2H3. The topological polar surface area (TPSA) is 4.93 Å². The van der Waals surface area contributed by atoms with Gasteiger partial charge in [-0.2, -0.15) is 0 Å². The summed E-state index contributed by atoms with van der Waals surface area (Å²) in [6, 6.07) is 92.8. The molecule has 0 fully saturated rings. The highest BCUT2D eigenvalue weighted by Gasteiger charge is 2.48. The van der Waals surface area contributed by atoms with Gasteiger partial charge in [-0.25, -0.2) is 0 Å². The number of aryl methyl sites for hydroxylation is 4. The predicted octanol–water partition coefficient (Wildman–Crippen LogP) is 21.3. The molecule has 0 N–H and O–H groups in total. The predicted molar refractivity (Wildman–Crippen MR) is 343 cm³/mol. The summed E-state index contributed by atoms with van der Waals surface area (Å²) in [5.41, 5.74) is 27.2. The van der Waals surface area contributed by atoms with E-state index in [2.05, 4.69) is 299 Å². The molecule has 14 rings (SSSR count). The van der Waals surface area contributed by atoms with E-state index in [1.165, 1.54) is 122 Å². The van der Waals surface area contributed by atoms with Crippen molar-refractivity contribution in [3.8, 4) is 50.2 Å². The Kier molecular flexibility index (Phi) is 15.8. The first kappa shape index (κ1) is 53.0. The van der Waals surface area contributed by atoms with Gasteiger partial charge in [0.05, 0.1) is 10.9 Å². The molecule has 1 atom stereocenters. The molecule has 10 aromatic carbocycles. The van der Waals surface area contributed by atoms with Crippen molar-refractivity contribution in [2.45, 2.75) is 66.2 Å². The zero-order chi connectivity index (χ0) is 55.0. The van der Waals surface area contributed by atoms with Gasteiger partial charge in [0.1, 0.15) is 0 Å². The van der Waals surface area contributed by atoms with Crippen LogP contribution in [0.5, 0.6) is 0 Å². The summed E-state index contributed by atoms with van der Waals surface area (Å²) in [6.07, 6.45) is 12.7. The number of hydrogen-bond donors (Lipinski definition) is 0. The molecule has 0 spiro atoms. The molecule has 1 heteroatoms. The molecule has 0 amide bonds. The number of aromatic nitrogens is 1. The van der Waals surface area contributed by atoms with Gasteiger partial charge in [0.15, 0.2) is 0 Å². The van der Waals surface area contributed by atoms with E-state index in [1.807, 2.05) is 26.0 Å². The third kappa shape index (κ3) is 10.5. The number of hydrogen-bond acceptors (Lipinski definition) is 0. The van der Waals surface area contributed by atoms with Crippen molar-refractivity contribution >= 4 is 22.6 Å². The lowest BCUT2D eigenvalue weighted by molar-refractivity contribution is 0.721. The number of fused-ring (bicyclic) bond motifs is 5. The first-order valence-electron chi connectivity index (χ1n) is 28.8. The van der Waals surface area contributed by atoms with Gasteiger partial charge in [0.2, 0.25) is 0 Å². The minimum absolute atomic E-state index is 0.400. The van der Waals surface area contributed by atoms with Gasteiger partial charge in [-0.3, -0.25) is 0 Å². The molecular weight excluding hydrogens is 963 g/mol. The molecule has 3 aliphatic carbocycles. The summed E-state index contributed by atoms with van der Waals surface area (Å²) in [5, 5.41) is 1.35. The van der Waals surface area contributed by atoms with Crippen LogP contribution >= 0.6 is 0 Å². The second-order valence-electron chi connectivity index (χ2n) is 21.4. The van der Waals surface area contributed by atoms with Gasteiger partial charge in [0.25, 0.3) is 0 Å². The third-order valence-electron chi connectivity index (χ3n) is 16.2. The number of nitrogens with zero attached hydrogens (tertiary/aromatic N) is 1. The van der Waals surface area contributed by atoms with Gasteiger partial charge in [0, 0.05) is 16.8 Å². The van der Waals surface area contributed by atoms with Crippen LogP contribution in [0.3, 0.4) is 0 Å². The van der Waals surface area contributed by atoms with Crippen molar-refractivity contribution in [3.05, 3.63) is 329 Å². The van der Waals surface area contributed by atoms with Gasteiger partial charge in [-0.15, -0.1) is 0 Å². The van der Waals surface area contributed by atoms with Crippen molar-refractivity contribution in [2.24, 2.45) is 5.92 Å². The molecule has 1 aromatic heterocycles. The van der Waals surface area contributed by atoms with Crippen LogP contribution in [0.2, 0.25) is 0 Å². The maximum atomic E-state index is 2.53. The maximum absolute atomic E-state index is 2.53. The van der Waals surface area contributed by atoms with Crippen LogP contribution in [0.4, 0.5) is 0 Å². The molecule has 0 saturated heterocycles. The van der Waals surface area contributed by atoms with Gasteiger partial charge in [-0.05, 0) is 166 Å². The monoisotopic (exact) mass is 1030 g/mol. The minimum Gasteiger partial charge on any atom is -0.310 e. The van der Waals surface area contributed by atoms with Crippen LogP contribution in [-0.2, 0) is 11.8 Å². The van der Waals surface area contributed by atoms with Gasteiger partial charge < -0.3 is 4.57 Å². The van der Waals surface area contributed by atoms with Crippen LogP contribution in [-0.4, -0.2) is 4.57 Å². The molecule has 11 aromatic rings. The molecule has 1 heterocycles. The third-order valence-corrected chi connectivity index (χ3v) is 16.2. The number of benzene rings is 10. The summed E-state index contributed by atoms with van der Waals surface area (Å²) in [6.45, 7) is 12.8. The van der Waals surface area contributed by atoms with Crippen LogP contribution in [0.1, 0.15) is 83.8 Å². The van der Waals surface area contributed by atoms with Crippen molar-refractivity contribution in [1.82, 2.24) is 4.57 Å². The van der Waals surface area contributed by atoms with Crippen molar-refractivity contribution in [2.75, 3.05) is 0 Å². The normalized spacial score (nSPS) is 14.3. The SMILES string of the molecule is CC.Cc1ccc(-c2cccc(-c3ccc4c(c3)c3c(n4-c4ccc5c(c4)C(c4ccccc4)(c4ccccc4)C4=C5C(C)CC=C4)C=CCC3)c2)cc1.Cc1ccc(-c2ccccc2)cc1.Cc1ccc(-c2ccccc2)cc1. The van der Waals surface area contributed by atoms with E-state index in [-0.39, 0.29) is 0 Å². The average Bonchev–Trinajstić information content (AvgIpc) is 3.31. The molecule has 3 aliphatic rings. The lowest BCUT2D eigenvalue weighted by Crippen LogP contribution is -2.30. The molecule has 0 saturated carbocycles. The van der Waals surface area contributed by atoms with E-state index in [4.69, 9.17) is 0 Å². The highest BCUT2D eigenvalue weighted by Crippen LogP contribution is 2.58. The maximum Gasteiger partial charge on any atom is 0.0711 e. The molecule has 392 valence electrons. The van der Waals surface area contributed by atoms with Gasteiger partial charge in [-0.1, -0.05) is 280 Å². The van der Waals surface area contributed by atoms with E-state index in [9.17, 15) is 0 Å². The molecule has 0 aliphatic heterocycles. The summed E-state index contributed by atoms with van der Waals surface area (Å²) < 4.78 is 2.53. The van der Waals surface area contributed by atoms with E-state index in [0.29, 0.717) is 5.92 Å². The summed E-state index contributed by atoms with van der Waals surface area (Å²) in [7, 11) is 0. The van der Waals surface area contributed by atoms with Crippen LogP contribution in [0.25, 0.3) is 72.7 Å². The van der Waals surface area contributed by atoms with E-state index >= 15 is 0 Å². The highest BCUT2D eigenvalue weighted by atomic mass is 15.0. The molecule has 0 bridgehead atoms. The number of rotatable bonds is 7. The summed E-state index contributed by atoms with van der Waals surface area (Å²) in [5.74, 6) is 0.449. The Morgan fingerprint density at radius 3 is 1.40 bits per heavy atom. The quantitative estimate of drug-likeness (QED) is 0.150. The second kappa shape index (κ2) is 23.9. The molecule has 80 heavy (non-hydrogen) atoms. The average molecular weight is 1030 g/mol. The van der Waals surface area contributed by atoms with Crippen LogP contribution in [0, 0.1) is 26.7 Å². The largest absolute Gasteiger partial charge is 0.310 e. The van der Waals surface area contributed by atoms with Crippen molar-refractivity contribution < 1.29 is 0 Å². The molecule has 1 nitrogen and oxygen atoms in total. The Morgan fingerprint density at radius 1 is 0.412 bits per heavy atom. The summed E-state index contributed by atoms with van der Waals surface area (Å²) >= 11 is 0. The van der Waals surface area contributed by atoms with E-state index in [0.717, 1.165) is 19.3 Å². The van der Waals surface area contributed by atoms with Crippen LogP contribution in [0.15, 0.2) is 279 Å². The number of allylic oxidation sites excluding steroid dienone is 5. The fourth-order valence-electron chi connectivity index (χ4n) is 12.2. The summed E-state index contributed by atoms with van der Waals surface area (Å²) in [4.78, 5) is 0. The highest BCUT2D eigenvalue weighted by molar-refractivity contribution is 5.95. The van der Waals surface area contributed by atoms with E-state index in [1.54, 1.807) is 0 Å². The fraction of sp³-hybridized carbons (Fsp3) is 0.139. The van der Waals surface area contributed by atoms with Gasteiger partial charge >= 0.3 is 0 Å². The lowest BCUT2D eigenvalue weighted by Gasteiger charge is -2.36. The Bertz CT molecular complexity index is 3850. The van der Waals surface area contributed by atoms with Crippen LogP contribution < -0.4 is 0 Å². The zero-order valence-electron chi connectivity index (χ0n) is 47.2. The first-order valence-corrected chi connectivity index (χ1v) is 28.8. The van der Waals surface area contributed by atoms with Crippen molar-refractivity contribution in [3.63, 3.8) is 0 Å². The van der Waals surface area contributed by atoms with E-state index < -0.39 is 5.41 Å². The minimum atomic E-state index is -0.400. The molecule has 1 unspecified atom stereocenters. The Balaban J connectivity index is 0.000000196. The smallest absolute Gasteiger partial charge is 0.0711 e. The van der Waals surface area contributed by atoms with Crippen molar-refractivity contribution in [1.29, 1.82) is 0 Å². The second-order valence-corrected chi connectivity index (χ2v) is 21.4. The Labute approximate surface area is 475 Å². The lowest BCUT2D eigenvalue weighted by atomic mass is 9.66. The zero-order valence-corrected chi connectivity index (χ0v) is 47.2. The molecular formula is C79H71N.